The number of carbonyl (C=O) groups is 3. The molecular formula is C31H33N3O4S. The largest absolute Gasteiger partial charge is 0.463 e. The molecular weight excluding hydrogens is 510 g/mol. The number of urea groups is 1. The Labute approximate surface area is 233 Å². The molecule has 0 aromatic heterocycles. The fourth-order valence-corrected chi connectivity index (χ4v) is 5.15. The average Bonchev–Trinajstić information content (AvgIpc) is 2.96. The molecule has 4 rings (SSSR count). The summed E-state index contributed by atoms with van der Waals surface area (Å²) < 4.78 is 5.49. The van der Waals surface area contributed by atoms with Crippen LogP contribution in [0.25, 0.3) is 5.70 Å². The van der Waals surface area contributed by atoms with Gasteiger partial charge in [0.1, 0.15) is 0 Å². The van der Waals surface area contributed by atoms with Crippen molar-refractivity contribution in [1.82, 2.24) is 10.2 Å². The Morgan fingerprint density at radius 3 is 2.38 bits per heavy atom. The minimum atomic E-state index is -0.750. The maximum atomic E-state index is 13.4. The number of nitrogens with one attached hydrogen (secondary N) is 2. The summed E-state index contributed by atoms with van der Waals surface area (Å²) in [5.74, 6) is -0.380. The molecule has 202 valence electrons. The van der Waals surface area contributed by atoms with Crippen molar-refractivity contribution in [2.24, 2.45) is 0 Å². The topological polar surface area (TPSA) is 87.7 Å². The summed E-state index contributed by atoms with van der Waals surface area (Å²) in [5, 5.41) is 5.96. The molecule has 0 aliphatic carbocycles. The highest BCUT2D eigenvalue weighted by atomic mass is 32.2. The van der Waals surface area contributed by atoms with Crippen LogP contribution >= 0.6 is 11.8 Å². The molecule has 0 radical (unpaired) electrons. The van der Waals surface area contributed by atoms with E-state index < -0.39 is 12.0 Å². The second-order valence-corrected chi connectivity index (χ2v) is 10.1. The maximum absolute atomic E-state index is 13.4. The first-order valence-corrected chi connectivity index (χ1v) is 14.1. The molecule has 2 N–H and O–H groups in total. The molecule has 0 saturated carbocycles. The smallest absolute Gasteiger partial charge is 0.338 e. The van der Waals surface area contributed by atoms with Crippen molar-refractivity contribution in [2.75, 3.05) is 24.2 Å². The van der Waals surface area contributed by atoms with E-state index in [1.165, 1.54) is 11.8 Å². The number of thioether (sulfide) groups is 1. The number of nitrogens with zero attached hydrogens (tertiary/aromatic N) is 1. The van der Waals surface area contributed by atoms with Crippen LogP contribution in [0.2, 0.25) is 0 Å². The molecule has 1 aliphatic rings. The molecule has 7 nitrogen and oxygen atoms in total. The van der Waals surface area contributed by atoms with Crippen molar-refractivity contribution >= 4 is 41.1 Å². The number of amides is 3. The van der Waals surface area contributed by atoms with E-state index in [0.717, 1.165) is 23.3 Å². The zero-order chi connectivity index (χ0) is 27.6. The predicted octanol–water partition coefficient (Wildman–Crippen LogP) is 6.26. The van der Waals surface area contributed by atoms with Gasteiger partial charge in [-0.15, -0.1) is 11.8 Å². The molecule has 0 bridgehead atoms. The van der Waals surface area contributed by atoms with E-state index in [0.29, 0.717) is 29.1 Å². The van der Waals surface area contributed by atoms with Crippen molar-refractivity contribution in [3.63, 3.8) is 0 Å². The lowest BCUT2D eigenvalue weighted by Gasteiger charge is -2.37. The molecule has 0 saturated heterocycles. The maximum Gasteiger partial charge on any atom is 0.338 e. The second-order valence-electron chi connectivity index (χ2n) is 9.01. The molecule has 0 spiro atoms. The van der Waals surface area contributed by atoms with E-state index in [1.807, 2.05) is 66.7 Å². The SMILES string of the molecule is CCCCN1C(=O)NC(c2cccc(NC(=O)CSc3ccccc3)c2)C(C(=O)OCC)=C1c1ccccc1. The van der Waals surface area contributed by atoms with Crippen LogP contribution in [0.15, 0.2) is 95.4 Å². The van der Waals surface area contributed by atoms with Gasteiger partial charge in [0.15, 0.2) is 0 Å². The quantitative estimate of drug-likeness (QED) is 0.220. The lowest BCUT2D eigenvalue weighted by Crippen LogP contribution is -2.48. The Hall–Kier alpha value is -4.04. The van der Waals surface area contributed by atoms with Gasteiger partial charge in [-0.05, 0) is 48.7 Å². The van der Waals surface area contributed by atoms with Crippen molar-refractivity contribution in [3.05, 3.63) is 102 Å². The number of ether oxygens (including phenoxy) is 1. The van der Waals surface area contributed by atoms with E-state index in [-0.39, 0.29) is 24.3 Å². The Bertz CT molecular complexity index is 1330. The van der Waals surface area contributed by atoms with Gasteiger partial charge < -0.3 is 15.4 Å². The third-order valence-corrected chi connectivity index (χ3v) is 7.23. The number of hydrogen-bond donors (Lipinski definition) is 2. The molecule has 39 heavy (non-hydrogen) atoms. The van der Waals surface area contributed by atoms with Gasteiger partial charge in [-0.1, -0.05) is 74.0 Å². The molecule has 1 heterocycles. The first kappa shape index (κ1) is 28.0. The highest BCUT2D eigenvalue weighted by molar-refractivity contribution is 8.00. The van der Waals surface area contributed by atoms with Gasteiger partial charge in [0, 0.05) is 17.1 Å². The van der Waals surface area contributed by atoms with Crippen LogP contribution in [0.4, 0.5) is 10.5 Å². The predicted molar refractivity (Wildman–Crippen MR) is 155 cm³/mol. The van der Waals surface area contributed by atoms with Crippen LogP contribution in [-0.4, -0.2) is 41.7 Å². The zero-order valence-electron chi connectivity index (χ0n) is 22.2. The monoisotopic (exact) mass is 543 g/mol. The number of anilines is 1. The van der Waals surface area contributed by atoms with E-state index in [9.17, 15) is 14.4 Å². The summed E-state index contributed by atoms with van der Waals surface area (Å²) in [7, 11) is 0. The van der Waals surface area contributed by atoms with Gasteiger partial charge in [-0.3, -0.25) is 9.69 Å². The standard InChI is InChI=1S/C31H33N3O4S/c1-3-5-19-34-29(22-13-8-6-9-14-22)27(30(36)38-4-2)28(33-31(34)37)23-15-12-16-24(20-23)32-26(35)21-39-25-17-10-7-11-18-25/h6-18,20,28H,3-5,19,21H2,1-2H3,(H,32,35)(H,33,37). The number of hydrogen-bond acceptors (Lipinski definition) is 5. The lowest BCUT2D eigenvalue weighted by molar-refractivity contribution is -0.139. The van der Waals surface area contributed by atoms with Gasteiger partial charge in [-0.2, -0.15) is 0 Å². The van der Waals surface area contributed by atoms with E-state index in [4.69, 9.17) is 4.74 Å². The van der Waals surface area contributed by atoms with Crippen LogP contribution in [0.3, 0.4) is 0 Å². The van der Waals surface area contributed by atoms with Crippen LogP contribution < -0.4 is 10.6 Å². The van der Waals surface area contributed by atoms with Gasteiger partial charge in [0.25, 0.3) is 0 Å². The fraction of sp³-hybridized carbons (Fsp3) is 0.258. The van der Waals surface area contributed by atoms with Crippen molar-refractivity contribution in [3.8, 4) is 0 Å². The number of rotatable bonds is 11. The minimum Gasteiger partial charge on any atom is -0.463 e. The van der Waals surface area contributed by atoms with Gasteiger partial charge in [-0.25, -0.2) is 9.59 Å². The number of benzene rings is 3. The third-order valence-electron chi connectivity index (χ3n) is 6.22. The van der Waals surface area contributed by atoms with Gasteiger partial charge in [0.05, 0.1) is 29.7 Å². The first-order chi connectivity index (χ1) is 19.0. The zero-order valence-corrected chi connectivity index (χ0v) is 23.0. The molecule has 3 aromatic rings. The Balaban J connectivity index is 1.68. The summed E-state index contributed by atoms with van der Waals surface area (Å²) in [5.41, 5.74) is 2.92. The highest BCUT2D eigenvalue weighted by Crippen LogP contribution is 2.37. The van der Waals surface area contributed by atoms with Crippen molar-refractivity contribution in [1.29, 1.82) is 0 Å². The Kier molecular flexibility index (Phi) is 9.80. The molecule has 3 aromatic carbocycles. The average molecular weight is 544 g/mol. The molecule has 3 amide bonds. The van der Waals surface area contributed by atoms with Crippen molar-refractivity contribution in [2.45, 2.75) is 37.6 Å². The molecule has 1 unspecified atom stereocenters. The van der Waals surface area contributed by atoms with E-state index in [2.05, 4.69) is 17.6 Å². The Morgan fingerprint density at radius 2 is 1.69 bits per heavy atom. The van der Waals surface area contributed by atoms with E-state index in [1.54, 1.807) is 30.0 Å². The van der Waals surface area contributed by atoms with Crippen LogP contribution in [0, 0.1) is 0 Å². The number of esters is 1. The summed E-state index contributed by atoms with van der Waals surface area (Å²) in [6, 6.07) is 25.4. The molecule has 0 fully saturated rings. The van der Waals surface area contributed by atoms with Crippen LogP contribution in [0.5, 0.6) is 0 Å². The summed E-state index contributed by atoms with van der Waals surface area (Å²) in [4.78, 5) is 42.2. The Morgan fingerprint density at radius 1 is 0.974 bits per heavy atom. The van der Waals surface area contributed by atoms with Crippen LogP contribution in [-0.2, 0) is 14.3 Å². The summed E-state index contributed by atoms with van der Waals surface area (Å²) >= 11 is 1.45. The first-order valence-electron chi connectivity index (χ1n) is 13.1. The van der Waals surface area contributed by atoms with Crippen LogP contribution in [0.1, 0.15) is 43.9 Å². The molecule has 8 heteroatoms. The lowest BCUT2D eigenvalue weighted by atomic mass is 9.91. The summed E-state index contributed by atoms with van der Waals surface area (Å²) in [6.45, 7) is 4.49. The molecule has 1 atom stereocenters. The summed E-state index contributed by atoms with van der Waals surface area (Å²) in [6.07, 6.45) is 1.68. The number of carbonyl (C=O) groups excluding carboxylic acids is 3. The fourth-order valence-electron chi connectivity index (χ4n) is 4.43. The number of unbranched alkanes of at least 4 members (excludes halogenated alkanes) is 1. The van der Waals surface area contributed by atoms with E-state index >= 15 is 0 Å². The van der Waals surface area contributed by atoms with Gasteiger partial charge in [0.2, 0.25) is 5.91 Å². The normalized spacial score (nSPS) is 15.1. The van der Waals surface area contributed by atoms with Crippen molar-refractivity contribution < 1.29 is 19.1 Å². The molecule has 1 aliphatic heterocycles. The highest BCUT2D eigenvalue weighted by Gasteiger charge is 2.38. The van der Waals surface area contributed by atoms with Gasteiger partial charge >= 0.3 is 12.0 Å². The third kappa shape index (κ3) is 7.09. The second kappa shape index (κ2) is 13.7. The minimum absolute atomic E-state index is 0.148.